The highest BCUT2D eigenvalue weighted by atomic mass is 32.2. The van der Waals surface area contributed by atoms with E-state index in [1.54, 1.807) is 53.9 Å². The maximum absolute atomic E-state index is 12.3. The molecule has 0 saturated carbocycles. The molecule has 0 aliphatic rings. The minimum atomic E-state index is -4.07. The Morgan fingerprint density at radius 3 is 2.66 bits per heavy atom. The van der Waals surface area contributed by atoms with Gasteiger partial charge >= 0.3 is 0 Å². The Hall–Kier alpha value is -3.25. The second kappa shape index (κ2) is 10.6. The monoisotopic (exact) mass is 515 g/mol. The number of ether oxygens (including phenoxy) is 1. The van der Waals surface area contributed by atoms with E-state index < -0.39 is 16.4 Å². The van der Waals surface area contributed by atoms with Gasteiger partial charge in [-0.05, 0) is 37.3 Å². The molecule has 1 N–H and O–H groups in total. The van der Waals surface area contributed by atoms with Gasteiger partial charge in [0.2, 0.25) is 5.89 Å². The van der Waals surface area contributed by atoms with Crippen molar-refractivity contribution in [1.29, 1.82) is 0 Å². The summed E-state index contributed by atoms with van der Waals surface area (Å²) in [6, 6.07) is 11.4. The van der Waals surface area contributed by atoms with Crippen molar-refractivity contribution < 1.29 is 26.9 Å². The molecule has 4 aromatic rings. The van der Waals surface area contributed by atoms with Crippen molar-refractivity contribution in [2.24, 2.45) is 0 Å². The summed E-state index contributed by atoms with van der Waals surface area (Å²) >= 11 is 1.55. The van der Waals surface area contributed by atoms with Crippen molar-refractivity contribution >= 4 is 49.8 Å². The quantitative estimate of drug-likeness (QED) is 0.243. The predicted octanol–water partition coefficient (Wildman–Crippen LogP) is 4.32. The third-order valence-electron chi connectivity index (χ3n) is 4.84. The fraction of sp³-hybridized carbons (Fsp3) is 0.250. The Bertz CT molecular complexity index is 1430. The van der Waals surface area contributed by atoms with Gasteiger partial charge in [-0.25, -0.2) is 14.2 Å². The Morgan fingerprint density at radius 2 is 1.94 bits per heavy atom. The number of nitrogens with zero attached hydrogens (tertiary/aromatic N) is 3. The van der Waals surface area contributed by atoms with Gasteiger partial charge in [0.25, 0.3) is 10.1 Å². The van der Waals surface area contributed by atoms with Crippen molar-refractivity contribution in [3.05, 3.63) is 65.0 Å². The number of aliphatic hydroxyl groups excluding tert-OH is 1. The maximum Gasteiger partial charge on any atom is 0.299 e. The predicted molar refractivity (Wildman–Crippen MR) is 135 cm³/mol. The lowest BCUT2D eigenvalue weighted by Gasteiger charge is -2.13. The molecule has 1 unspecified atom stereocenters. The number of aromatic nitrogens is 2. The number of fused-ring (bicyclic) bond motifs is 1. The van der Waals surface area contributed by atoms with Gasteiger partial charge in [0.15, 0.2) is 17.0 Å². The van der Waals surface area contributed by atoms with Crippen LogP contribution >= 0.6 is 11.3 Å². The van der Waals surface area contributed by atoms with E-state index in [0.717, 1.165) is 15.6 Å². The fourth-order valence-electron chi connectivity index (χ4n) is 3.03. The summed E-state index contributed by atoms with van der Waals surface area (Å²) in [5.74, 6) is 0.943. The first-order valence-corrected chi connectivity index (χ1v) is 12.9. The van der Waals surface area contributed by atoms with Crippen LogP contribution in [-0.4, -0.2) is 50.5 Å². The Morgan fingerprint density at radius 1 is 1.17 bits per heavy atom. The van der Waals surface area contributed by atoms with Crippen LogP contribution < -0.4 is 9.64 Å². The molecular weight excluding hydrogens is 490 g/mol. The summed E-state index contributed by atoms with van der Waals surface area (Å²) in [5, 5.41) is 10.9. The highest BCUT2D eigenvalue weighted by Gasteiger charge is 2.20. The largest absolute Gasteiger partial charge is 0.493 e. The van der Waals surface area contributed by atoms with Gasteiger partial charge in [0.05, 0.1) is 11.5 Å². The molecular formula is C24H25N3O6S2. The van der Waals surface area contributed by atoms with Crippen LogP contribution in [0.2, 0.25) is 0 Å². The molecule has 0 bridgehead atoms. The van der Waals surface area contributed by atoms with Gasteiger partial charge in [-0.3, -0.25) is 0 Å². The number of aliphatic hydroxyl groups is 1. The zero-order valence-corrected chi connectivity index (χ0v) is 21.0. The van der Waals surface area contributed by atoms with Gasteiger partial charge in [-0.1, -0.05) is 29.0 Å². The lowest BCUT2D eigenvalue weighted by Crippen LogP contribution is -2.20. The average molecular weight is 516 g/mol. The number of rotatable bonds is 10. The molecule has 0 fully saturated rings. The van der Waals surface area contributed by atoms with Crippen molar-refractivity contribution in [1.82, 2.24) is 9.97 Å². The van der Waals surface area contributed by atoms with Gasteiger partial charge in [-0.2, -0.15) is 8.42 Å². The standard InChI is InChI=1S/C24H25N3O6S2/c1-16-4-8-19(9-5-16)35(29,30)33-23(28)12-13-31-17-6-10-20-21(14-17)32-22(26-20)11-7-18-15-25-24(34-18)27(2)3/h4-11,14-15,23,28H,12-13H2,1-3H3. The maximum atomic E-state index is 12.3. The molecule has 1 atom stereocenters. The first-order chi connectivity index (χ1) is 16.7. The first-order valence-electron chi connectivity index (χ1n) is 10.7. The molecule has 184 valence electrons. The number of oxazole rings is 1. The zero-order chi connectivity index (χ0) is 25.0. The van der Waals surface area contributed by atoms with Crippen molar-refractivity contribution in [3.8, 4) is 5.75 Å². The van der Waals surface area contributed by atoms with Gasteiger partial charge in [-0.15, -0.1) is 0 Å². The highest BCUT2D eigenvalue weighted by molar-refractivity contribution is 7.86. The second-order valence-electron chi connectivity index (χ2n) is 7.91. The number of hydrogen-bond donors (Lipinski definition) is 1. The molecule has 0 spiro atoms. The van der Waals surface area contributed by atoms with Crippen molar-refractivity contribution in [3.63, 3.8) is 0 Å². The molecule has 9 nitrogen and oxygen atoms in total. The second-order valence-corrected chi connectivity index (χ2v) is 10.5. The molecule has 2 aromatic heterocycles. The van der Waals surface area contributed by atoms with Gasteiger partial charge in [0, 0.05) is 43.7 Å². The summed E-state index contributed by atoms with van der Waals surface area (Å²) in [6.07, 6.45) is 3.87. The summed E-state index contributed by atoms with van der Waals surface area (Å²) in [7, 11) is -0.190. The molecule has 4 rings (SSSR count). The number of thiazole rings is 1. The van der Waals surface area contributed by atoms with E-state index in [2.05, 4.69) is 9.97 Å². The summed E-state index contributed by atoms with van der Waals surface area (Å²) in [5.41, 5.74) is 2.13. The highest BCUT2D eigenvalue weighted by Crippen LogP contribution is 2.25. The minimum absolute atomic E-state index is 0.0165. The number of aryl methyl sites for hydroxylation is 1. The van der Waals surface area contributed by atoms with Crippen molar-refractivity contribution in [2.45, 2.75) is 24.5 Å². The SMILES string of the molecule is Cc1ccc(S(=O)(=O)OC(O)CCOc2ccc3nc(C=Cc4cnc(N(C)C)s4)oc3c2)cc1. The molecule has 35 heavy (non-hydrogen) atoms. The van der Waals surface area contributed by atoms with Gasteiger partial charge in [0.1, 0.15) is 11.3 Å². The number of hydrogen-bond acceptors (Lipinski definition) is 10. The van der Waals surface area contributed by atoms with E-state index in [-0.39, 0.29) is 17.9 Å². The van der Waals surface area contributed by atoms with Crippen LogP contribution in [-0.2, 0) is 14.3 Å². The normalized spacial score (nSPS) is 12.9. The van der Waals surface area contributed by atoms with E-state index >= 15 is 0 Å². The average Bonchev–Trinajstić information content (AvgIpc) is 3.44. The molecule has 0 aliphatic carbocycles. The van der Waals surface area contributed by atoms with Crippen LogP contribution in [0.25, 0.3) is 23.3 Å². The first kappa shape index (κ1) is 24.9. The van der Waals surface area contributed by atoms with Crippen LogP contribution in [0.15, 0.2) is 58.0 Å². The van der Waals surface area contributed by atoms with E-state index in [9.17, 15) is 13.5 Å². The van der Waals surface area contributed by atoms with Crippen LogP contribution in [0.1, 0.15) is 22.8 Å². The summed E-state index contributed by atoms with van der Waals surface area (Å²) < 4.78 is 40.8. The fourth-order valence-corrected chi connectivity index (χ4v) is 4.74. The molecule has 0 amide bonds. The molecule has 2 heterocycles. The minimum Gasteiger partial charge on any atom is -0.493 e. The van der Waals surface area contributed by atoms with Crippen LogP contribution in [0.5, 0.6) is 5.75 Å². The number of anilines is 1. The summed E-state index contributed by atoms with van der Waals surface area (Å²) in [4.78, 5) is 11.7. The smallest absolute Gasteiger partial charge is 0.299 e. The van der Waals surface area contributed by atoms with Crippen molar-refractivity contribution in [2.75, 3.05) is 25.6 Å². The van der Waals surface area contributed by atoms with Crippen LogP contribution in [0.3, 0.4) is 0 Å². The van der Waals surface area contributed by atoms with Crippen LogP contribution in [0, 0.1) is 6.92 Å². The Balaban J connectivity index is 1.32. The molecule has 0 saturated heterocycles. The third kappa shape index (κ3) is 6.45. The summed E-state index contributed by atoms with van der Waals surface area (Å²) in [6.45, 7) is 1.89. The topological polar surface area (TPSA) is 115 Å². The van der Waals surface area contributed by atoms with Crippen LogP contribution in [0.4, 0.5) is 5.13 Å². The Labute approximate surface area is 207 Å². The lowest BCUT2D eigenvalue weighted by molar-refractivity contribution is -0.0256. The van der Waals surface area contributed by atoms with Gasteiger partial charge < -0.3 is 19.2 Å². The number of benzene rings is 2. The van der Waals surface area contributed by atoms with E-state index in [0.29, 0.717) is 22.7 Å². The lowest BCUT2D eigenvalue weighted by atomic mass is 10.2. The Kier molecular flexibility index (Phi) is 7.51. The van der Waals surface area contributed by atoms with E-state index in [4.69, 9.17) is 13.3 Å². The molecule has 2 aromatic carbocycles. The molecule has 0 radical (unpaired) electrons. The molecule has 0 aliphatic heterocycles. The third-order valence-corrected chi connectivity index (χ3v) is 7.30. The molecule has 11 heteroatoms. The van der Waals surface area contributed by atoms with E-state index in [1.807, 2.05) is 32.0 Å². The zero-order valence-electron chi connectivity index (χ0n) is 19.4. The van der Waals surface area contributed by atoms with E-state index in [1.165, 1.54) is 12.1 Å².